The highest BCUT2D eigenvalue weighted by molar-refractivity contribution is 5.74. The zero-order valence-electron chi connectivity index (χ0n) is 9.24. The first kappa shape index (κ1) is 9.77. The van der Waals surface area contributed by atoms with Gasteiger partial charge in [0, 0.05) is 12.3 Å². The van der Waals surface area contributed by atoms with Crippen molar-refractivity contribution in [2.75, 3.05) is 7.11 Å². The minimum Gasteiger partial charge on any atom is -0.497 e. The van der Waals surface area contributed by atoms with E-state index in [-0.39, 0.29) is 0 Å². The van der Waals surface area contributed by atoms with Crippen molar-refractivity contribution in [1.82, 2.24) is 20.0 Å². The second-order valence-corrected chi connectivity index (χ2v) is 3.57. The number of fused-ring (bicyclic) bond motifs is 1. The fourth-order valence-corrected chi connectivity index (χ4v) is 1.71. The van der Waals surface area contributed by atoms with Crippen molar-refractivity contribution in [1.29, 1.82) is 0 Å². The van der Waals surface area contributed by atoms with Gasteiger partial charge in [-0.25, -0.2) is 4.68 Å². The Morgan fingerprint density at radius 1 is 1.24 bits per heavy atom. The number of methoxy groups -OCH3 is 1. The number of hydrogen-bond acceptors (Lipinski definition) is 4. The van der Waals surface area contributed by atoms with Crippen molar-refractivity contribution in [3.8, 4) is 11.4 Å². The van der Waals surface area contributed by atoms with Crippen LogP contribution in [0.4, 0.5) is 0 Å². The topological polar surface area (TPSA) is 52.8 Å². The normalized spacial score (nSPS) is 10.6. The van der Waals surface area contributed by atoms with Crippen LogP contribution in [0.15, 0.2) is 42.7 Å². The maximum absolute atomic E-state index is 5.19. The van der Waals surface area contributed by atoms with Crippen molar-refractivity contribution >= 4 is 11.0 Å². The predicted molar refractivity (Wildman–Crippen MR) is 63.2 cm³/mol. The van der Waals surface area contributed by atoms with Crippen LogP contribution >= 0.6 is 0 Å². The summed E-state index contributed by atoms with van der Waals surface area (Å²) >= 11 is 0. The van der Waals surface area contributed by atoms with Gasteiger partial charge >= 0.3 is 0 Å². The summed E-state index contributed by atoms with van der Waals surface area (Å²) in [7, 11) is 1.64. The van der Waals surface area contributed by atoms with Crippen LogP contribution < -0.4 is 4.74 Å². The summed E-state index contributed by atoms with van der Waals surface area (Å²) in [6.45, 7) is 0. The number of rotatable bonds is 2. The molecule has 0 amide bonds. The molecular weight excluding hydrogens is 216 g/mol. The van der Waals surface area contributed by atoms with Crippen LogP contribution in [0.25, 0.3) is 16.7 Å². The summed E-state index contributed by atoms with van der Waals surface area (Å²) in [6.07, 6.45) is 3.42. The number of ether oxygens (including phenoxy) is 1. The van der Waals surface area contributed by atoms with Crippen molar-refractivity contribution < 1.29 is 4.74 Å². The lowest BCUT2D eigenvalue weighted by molar-refractivity contribution is 0.414. The summed E-state index contributed by atoms with van der Waals surface area (Å²) in [5, 5.41) is 8.17. The molecule has 5 nitrogen and oxygen atoms in total. The molecule has 5 heteroatoms. The Hall–Kier alpha value is -2.43. The van der Waals surface area contributed by atoms with Gasteiger partial charge in [-0.1, -0.05) is 11.3 Å². The monoisotopic (exact) mass is 226 g/mol. The van der Waals surface area contributed by atoms with Crippen molar-refractivity contribution in [2.24, 2.45) is 0 Å². The first-order valence-electron chi connectivity index (χ1n) is 5.18. The number of nitrogens with zero attached hydrogens (tertiary/aromatic N) is 4. The minimum atomic E-state index is 0.773. The lowest BCUT2D eigenvalue weighted by atomic mass is 10.3. The lowest BCUT2D eigenvalue weighted by Gasteiger charge is -2.04. The quantitative estimate of drug-likeness (QED) is 0.668. The predicted octanol–water partition coefficient (Wildman–Crippen LogP) is 1.82. The van der Waals surface area contributed by atoms with Gasteiger partial charge in [0.15, 0.2) is 0 Å². The Labute approximate surface area is 97.7 Å². The van der Waals surface area contributed by atoms with E-state index in [1.807, 2.05) is 30.3 Å². The van der Waals surface area contributed by atoms with E-state index < -0.39 is 0 Å². The largest absolute Gasteiger partial charge is 0.497 e. The van der Waals surface area contributed by atoms with E-state index in [2.05, 4.69) is 15.3 Å². The molecule has 0 spiro atoms. The highest BCUT2D eigenvalue weighted by Crippen LogP contribution is 2.19. The molecule has 0 aliphatic heterocycles. The molecule has 0 unspecified atom stereocenters. The third-order valence-corrected chi connectivity index (χ3v) is 2.55. The molecule has 0 saturated carbocycles. The van der Waals surface area contributed by atoms with Crippen molar-refractivity contribution in [3.63, 3.8) is 0 Å². The molecule has 2 aromatic heterocycles. The zero-order valence-corrected chi connectivity index (χ0v) is 9.24. The molecule has 0 aliphatic rings. The van der Waals surface area contributed by atoms with Gasteiger partial charge in [-0.15, -0.1) is 5.10 Å². The van der Waals surface area contributed by atoms with E-state index >= 15 is 0 Å². The van der Waals surface area contributed by atoms with Crippen LogP contribution in [0, 0.1) is 0 Å². The van der Waals surface area contributed by atoms with Gasteiger partial charge in [-0.2, -0.15) is 0 Å². The van der Waals surface area contributed by atoms with Gasteiger partial charge in [-0.3, -0.25) is 4.98 Å². The van der Waals surface area contributed by atoms with E-state index in [1.54, 1.807) is 24.2 Å². The minimum absolute atomic E-state index is 0.773. The van der Waals surface area contributed by atoms with Crippen LogP contribution in [0.2, 0.25) is 0 Å². The third kappa shape index (κ3) is 1.61. The third-order valence-electron chi connectivity index (χ3n) is 2.55. The molecular formula is C12H10N4O. The summed E-state index contributed by atoms with van der Waals surface area (Å²) in [6, 6.07) is 9.56. The average Bonchev–Trinajstić information content (AvgIpc) is 2.82. The molecule has 0 saturated heterocycles. The van der Waals surface area contributed by atoms with Crippen molar-refractivity contribution in [3.05, 3.63) is 42.7 Å². The highest BCUT2D eigenvalue weighted by atomic mass is 16.5. The molecule has 3 rings (SSSR count). The van der Waals surface area contributed by atoms with Gasteiger partial charge in [0.25, 0.3) is 0 Å². The average molecular weight is 226 g/mol. The second kappa shape index (κ2) is 3.86. The van der Waals surface area contributed by atoms with Crippen LogP contribution in [0.5, 0.6) is 5.75 Å². The van der Waals surface area contributed by atoms with Gasteiger partial charge < -0.3 is 4.74 Å². The van der Waals surface area contributed by atoms with Crippen LogP contribution in [0.1, 0.15) is 0 Å². The Morgan fingerprint density at radius 2 is 2.18 bits per heavy atom. The number of benzene rings is 1. The molecule has 1 aromatic carbocycles. The number of pyridine rings is 1. The summed E-state index contributed by atoms with van der Waals surface area (Å²) < 4.78 is 6.95. The van der Waals surface area contributed by atoms with Crippen molar-refractivity contribution in [2.45, 2.75) is 0 Å². The van der Waals surface area contributed by atoms with E-state index in [9.17, 15) is 0 Å². The van der Waals surface area contributed by atoms with Crippen LogP contribution in [-0.4, -0.2) is 27.1 Å². The van der Waals surface area contributed by atoms with E-state index in [0.29, 0.717) is 0 Å². The van der Waals surface area contributed by atoms with Gasteiger partial charge in [-0.05, 0) is 18.2 Å². The van der Waals surface area contributed by atoms with Gasteiger partial charge in [0.1, 0.15) is 11.3 Å². The van der Waals surface area contributed by atoms with Gasteiger partial charge in [0.05, 0.1) is 24.5 Å². The van der Waals surface area contributed by atoms with E-state index in [1.165, 1.54) is 0 Å². The molecule has 2 heterocycles. The molecule has 3 aromatic rings. The Kier molecular flexibility index (Phi) is 2.22. The molecule has 0 bridgehead atoms. The first-order valence-corrected chi connectivity index (χ1v) is 5.18. The molecule has 0 aliphatic carbocycles. The fourth-order valence-electron chi connectivity index (χ4n) is 1.71. The smallest absolute Gasteiger partial charge is 0.131 e. The van der Waals surface area contributed by atoms with Crippen LogP contribution in [0.3, 0.4) is 0 Å². The SMILES string of the molecule is COc1cccc(-n2nnc3cnccc32)c1. The molecule has 0 atom stereocenters. The Morgan fingerprint density at radius 3 is 3.06 bits per heavy atom. The summed E-state index contributed by atoms with van der Waals surface area (Å²) in [5.74, 6) is 0.792. The molecule has 0 N–H and O–H groups in total. The summed E-state index contributed by atoms with van der Waals surface area (Å²) in [4.78, 5) is 4.01. The number of aromatic nitrogens is 4. The summed E-state index contributed by atoms with van der Waals surface area (Å²) in [5.41, 5.74) is 2.61. The molecule has 0 radical (unpaired) electrons. The highest BCUT2D eigenvalue weighted by Gasteiger charge is 2.06. The Balaban J connectivity index is 2.20. The lowest BCUT2D eigenvalue weighted by Crippen LogP contribution is -1.96. The maximum Gasteiger partial charge on any atom is 0.131 e. The zero-order chi connectivity index (χ0) is 11.7. The first-order chi connectivity index (χ1) is 8.38. The molecule has 0 fully saturated rings. The standard InChI is InChI=1S/C12H10N4O/c1-17-10-4-2-3-9(7-10)16-12-5-6-13-8-11(12)14-15-16/h2-8H,1H3. The fraction of sp³-hybridized carbons (Fsp3) is 0.0833. The number of hydrogen-bond donors (Lipinski definition) is 0. The molecule has 84 valence electrons. The second-order valence-electron chi connectivity index (χ2n) is 3.57. The molecule has 17 heavy (non-hydrogen) atoms. The Bertz CT molecular complexity index is 662. The van der Waals surface area contributed by atoms with E-state index in [0.717, 1.165) is 22.5 Å². The van der Waals surface area contributed by atoms with Crippen LogP contribution in [-0.2, 0) is 0 Å². The maximum atomic E-state index is 5.19. The van der Waals surface area contributed by atoms with Gasteiger partial charge in [0.2, 0.25) is 0 Å². The van der Waals surface area contributed by atoms with E-state index in [4.69, 9.17) is 4.74 Å².